The van der Waals surface area contributed by atoms with Crippen LogP contribution in [0.25, 0.3) is 0 Å². The SMILES string of the molecule is CCOC(=O)c1ccsc1NC(=O)CN1C(=O)NC(C)(c2ccc(C)cc2)C1=O. The van der Waals surface area contributed by atoms with E-state index < -0.39 is 35.9 Å². The molecule has 8 nitrogen and oxygen atoms in total. The number of imide groups is 1. The fourth-order valence-corrected chi connectivity index (χ4v) is 3.80. The van der Waals surface area contributed by atoms with Crippen LogP contribution in [0, 0.1) is 6.92 Å². The van der Waals surface area contributed by atoms with Gasteiger partial charge in [0.05, 0.1) is 12.2 Å². The molecule has 2 N–H and O–H groups in total. The third-order valence-electron chi connectivity index (χ3n) is 4.62. The number of carbonyl (C=O) groups excluding carboxylic acids is 4. The molecule has 1 saturated heterocycles. The molecule has 1 unspecified atom stereocenters. The number of urea groups is 1. The van der Waals surface area contributed by atoms with Crippen molar-refractivity contribution in [3.8, 4) is 0 Å². The quantitative estimate of drug-likeness (QED) is 0.557. The summed E-state index contributed by atoms with van der Waals surface area (Å²) in [6.07, 6.45) is 0. The molecule has 2 heterocycles. The lowest BCUT2D eigenvalue weighted by Crippen LogP contribution is -2.42. The average molecular weight is 415 g/mol. The van der Waals surface area contributed by atoms with Crippen LogP contribution in [0.1, 0.15) is 35.3 Å². The molecule has 0 spiro atoms. The van der Waals surface area contributed by atoms with Crippen molar-refractivity contribution in [2.45, 2.75) is 26.3 Å². The van der Waals surface area contributed by atoms with E-state index in [9.17, 15) is 19.2 Å². The lowest BCUT2D eigenvalue weighted by molar-refractivity contribution is -0.133. The van der Waals surface area contributed by atoms with E-state index in [-0.39, 0.29) is 12.2 Å². The Morgan fingerprint density at radius 3 is 2.55 bits per heavy atom. The molecule has 1 aliphatic rings. The first-order chi connectivity index (χ1) is 13.8. The van der Waals surface area contributed by atoms with Crippen molar-refractivity contribution in [1.82, 2.24) is 10.2 Å². The predicted molar refractivity (Wildman–Crippen MR) is 108 cm³/mol. The zero-order valence-electron chi connectivity index (χ0n) is 16.3. The molecule has 0 radical (unpaired) electrons. The number of esters is 1. The van der Waals surface area contributed by atoms with Crippen LogP contribution in [0.15, 0.2) is 35.7 Å². The van der Waals surface area contributed by atoms with Gasteiger partial charge in [0.15, 0.2) is 0 Å². The summed E-state index contributed by atoms with van der Waals surface area (Å²) in [4.78, 5) is 50.5. The molecule has 1 fully saturated rings. The first-order valence-electron chi connectivity index (χ1n) is 9.02. The second-order valence-corrected chi connectivity index (χ2v) is 7.66. The van der Waals surface area contributed by atoms with Gasteiger partial charge in [-0.3, -0.25) is 14.5 Å². The fourth-order valence-electron chi connectivity index (χ4n) is 3.01. The Morgan fingerprint density at radius 2 is 1.90 bits per heavy atom. The molecule has 1 atom stereocenters. The maximum absolute atomic E-state index is 12.9. The van der Waals surface area contributed by atoms with Gasteiger partial charge in [0.25, 0.3) is 5.91 Å². The van der Waals surface area contributed by atoms with Crippen LogP contribution in [0.2, 0.25) is 0 Å². The monoisotopic (exact) mass is 415 g/mol. The molecule has 0 bridgehead atoms. The van der Waals surface area contributed by atoms with Crippen LogP contribution in [-0.4, -0.2) is 41.9 Å². The number of benzene rings is 1. The molecular formula is C20H21N3O5S. The van der Waals surface area contributed by atoms with Crippen LogP contribution < -0.4 is 10.6 Å². The number of hydrogen-bond acceptors (Lipinski definition) is 6. The molecule has 152 valence electrons. The lowest BCUT2D eigenvalue weighted by Gasteiger charge is -2.22. The molecule has 2 aromatic rings. The topological polar surface area (TPSA) is 105 Å². The lowest BCUT2D eigenvalue weighted by atomic mass is 9.91. The molecule has 1 aliphatic heterocycles. The van der Waals surface area contributed by atoms with Crippen molar-refractivity contribution >= 4 is 40.2 Å². The Morgan fingerprint density at radius 1 is 1.21 bits per heavy atom. The van der Waals surface area contributed by atoms with Crippen LogP contribution in [0.4, 0.5) is 9.80 Å². The van der Waals surface area contributed by atoms with Gasteiger partial charge < -0.3 is 15.4 Å². The van der Waals surface area contributed by atoms with Gasteiger partial charge in [-0.2, -0.15) is 0 Å². The summed E-state index contributed by atoms with van der Waals surface area (Å²) in [5, 5.41) is 7.19. The highest BCUT2D eigenvalue weighted by atomic mass is 32.1. The molecule has 1 aromatic heterocycles. The Bertz CT molecular complexity index is 969. The van der Waals surface area contributed by atoms with Crippen molar-refractivity contribution in [2.24, 2.45) is 0 Å². The number of ether oxygens (including phenoxy) is 1. The largest absolute Gasteiger partial charge is 0.462 e. The zero-order valence-corrected chi connectivity index (χ0v) is 17.1. The number of aryl methyl sites for hydroxylation is 1. The zero-order chi connectivity index (χ0) is 21.2. The van der Waals surface area contributed by atoms with Crippen molar-refractivity contribution in [3.05, 3.63) is 52.4 Å². The Hall–Kier alpha value is -3.20. The molecule has 3 rings (SSSR count). The maximum Gasteiger partial charge on any atom is 0.341 e. The minimum atomic E-state index is -1.25. The maximum atomic E-state index is 12.9. The highest BCUT2D eigenvalue weighted by Gasteiger charge is 2.49. The first kappa shape index (κ1) is 20.5. The van der Waals surface area contributed by atoms with Crippen LogP contribution >= 0.6 is 11.3 Å². The Kier molecular flexibility index (Phi) is 5.69. The summed E-state index contributed by atoms with van der Waals surface area (Å²) in [6.45, 7) is 4.96. The van der Waals surface area contributed by atoms with Gasteiger partial charge in [-0.05, 0) is 37.8 Å². The number of carbonyl (C=O) groups is 4. The Balaban J connectivity index is 1.72. The van der Waals surface area contributed by atoms with Crippen molar-refractivity contribution in [2.75, 3.05) is 18.5 Å². The molecule has 4 amide bonds. The average Bonchev–Trinajstić information content (AvgIpc) is 3.21. The number of thiophene rings is 1. The summed E-state index contributed by atoms with van der Waals surface area (Å²) in [6, 6.07) is 8.14. The van der Waals surface area contributed by atoms with E-state index in [0.717, 1.165) is 21.8 Å². The molecule has 29 heavy (non-hydrogen) atoms. The van der Waals surface area contributed by atoms with E-state index >= 15 is 0 Å². The van der Waals surface area contributed by atoms with Gasteiger partial charge >= 0.3 is 12.0 Å². The molecular weight excluding hydrogens is 394 g/mol. The molecule has 1 aromatic carbocycles. The van der Waals surface area contributed by atoms with Gasteiger partial charge in [-0.25, -0.2) is 9.59 Å². The minimum absolute atomic E-state index is 0.210. The number of amides is 4. The van der Waals surface area contributed by atoms with Crippen LogP contribution in [0.5, 0.6) is 0 Å². The first-order valence-corrected chi connectivity index (χ1v) is 9.90. The van der Waals surface area contributed by atoms with Crippen LogP contribution in [-0.2, 0) is 19.9 Å². The number of nitrogens with one attached hydrogen (secondary N) is 2. The van der Waals surface area contributed by atoms with Gasteiger partial charge in [0.1, 0.15) is 17.1 Å². The van der Waals surface area contributed by atoms with E-state index in [0.29, 0.717) is 10.6 Å². The van der Waals surface area contributed by atoms with Gasteiger partial charge in [0, 0.05) is 0 Å². The summed E-state index contributed by atoms with van der Waals surface area (Å²) >= 11 is 1.15. The second kappa shape index (κ2) is 8.04. The number of hydrogen-bond donors (Lipinski definition) is 2. The standard InChI is InChI=1S/C20H21N3O5S/c1-4-28-17(25)14-9-10-29-16(14)21-15(24)11-23-18(26)20(3,22-19(23)27)13-7-5-12(2)6-8-13/h5-10H,4,11H2,1-3H3,(H,21,24)(H,22,27). The summed E-state index contributed by atoms with van der Waals surface area (Å²) < 4.78 is 4.95. The van der Waals surface area contributed by atoms with Crippen molar-refractivity contribution in [3.63, 3.8) is 0 Å². The second-order valence-electron chi connectivity index (χ2n) is 6.74. The molecule has 0 aliphatic carbocycles. The number of rotatable bonds is 6. The minimum Gasteiger partial charge on any atom is -0.462 e. The molecule has 9 heteroatoms. The smallest absolute Gasteiger partial charge is 0.341 e. The number of nitrogens with zero attached hydrogens (tertiary/aromatic N) is 1. The third kappa shape index (κ3) is 4.00. The van der Waals surface area contributed by atoms with Crippen molar-refractivity contribution in [1.29, 1.82) is 0 Å². The highest BCUT2D eigenvalue weighted by molar-refractivity contribution is 7.14. The van der Waals surface area contributed by atoms with Gasteiger partial charge in [-0.1, -0.05) is 29.8 Å². The molecule has 0 saturated carbocycles. The van der Waals surface area contributed by atoms with Crippen molar-refractivity contribution < 1.29 is 23.9 Å². The van der Waals surface area contributed by atoms with Crippen LogP contribution in [0.3, 0.4) is 0 Å². The van der Waals surface area contributed by atoms with E-state index in [4.69, 9.17) is 4.74 Å². The highest BCUT2D eigenvalue weighted by Crippen LogP contribution is 2.29. The summed E-state index contributed by atoms with van der Waals surface area (Å²) in [5.74, 6) is -1.65. The fraction of sp³-hybridized carbons (Fsp3) is 0.300. The number of anilines is 1. The van der Waals surface area contributed by atoms with E-state index in [1.54, 1.807) is 37.4 Å². The van der Waals surface area contributed by atoms with E-state index in [2.05, 4.69) is 10.6 Å². The van der Waals surface area contributed by atoms with E-state index in [1.807, 2.05) is 19.1 Å². The predicted octanol–water partition coefficient (Wildman–Crippen LogP) is 2.64. The summed E-state index contributed by atoms with van der Waals surface area (Å²) in [5.41, 5.74) is 0.641. The normalized spacial score (nSPS) is 18.5. The Labute approximate surface area is 171 Å². The third-order valence-corrected chi connectivity index (χ3v) is 5.45. The van der Waals surface area contributed by atoms with Gasteiger partial charge in [-0.15, -0.1) is 11.3 Å². The van der Waals surface area contributed by atoms with Gasteiger partial charge in [0.2, 0.25) is 5.91 Å². The summed E-state index contributed by atoms with van der Waals surface area (Å²) in [7, 11) is 0. The van der Waals surface area contributed by atoms with E-state index in [1.165, 1.54) is 0 Å².